The molecule has 0 radical (unpaired) electrons. The molecule has 2 aromatic carbocycles. The van der Waals surface area contributed by atoms with Gasteiger partial charge >= 0.3 is 0 Å². The maximum absolute atomic E-state index is 12.4. The highest BCUT2D eigenvalue weighted by molar-refractivity contribution is 6.30. The number of carbonyl (C=O) groups excluding carboxylic acids is 1. The van der Waals surface area contributed by atoms with Gasteiger partial charge in [0.2, 0.25) is 0 Å². The van der Waals surface area contributed by atoms with Gasteiger partial charge in [-0.15, -0.1) is 0 Å². The third-order valence-corrected chi connectivity index (χ3v) is 3.81. The predicted octanol–water partition coefficient (Wildman–Crippen LogP) is 2.89. The fourth-order valence-electron chi connectivity index (χ4n) is 2.40. The first-order chi connectivity index (χ1) is 10.0. The Morgan fingerprint density at radius 1 is 1.24 bits per heavy atom. The normalized spacial score (nSPS) is 17.3. The second kappa shape index (κ2) is 5.30. The first-order valence-electron chi connectivity index (χ1n) is 6.63. The molecule has 1 atom stereocenters. The summed E-state index contributed by atoms with van der Waals surface area (Å²) in [4.78, 5) is 14.0. The molecule has 4 nitrogen and oxygen atoms in total. The van der Waals surface area contributed by atoms with Gasteiger partial charge in [0.15, 0.2) is 6.10 Å². The summed E-state index contributed by atoms with van der Waals surface area (Å²) in [5, 5.41) is 0.674. The van der Waals surface area contributed by atoms with Gasteiger partial charge in [-0.1, -0.05) is 23.7 Å². The third kappa shape index (κ3) is 2.67. The molecule has 0 bridgehead atoms. The lowest BCUT2D eigenvalue weighted by Crippen LogP contribution is -2.44. The van der Waals surface area contributed by atoms with Gasteiger partial charge in [0.1, 0.15) is 5.75 Å². The van der Waals surface area contributed by atoms with Crippen LogP contribution >= 0.6 is 11.6 Å². The highest BCUT2D eigenvalue weighted by atomic mass is 35.5. The Morgan fingerprint density at radius 3 is 2.67 bits per heavy atom. The molecule has 2 aromatic rings. The Labute approximate surface area is 128 Å². The fourth-order valence-corrected chi connectivity index (χ4v) is 2.52. The maximum atomic E-state index is 12.4. The van der Waals surface area contributed by atoms with E-state index in [9.17, 15) is 4.79 Å². The number of amides is 1. The fraction of sp³-hybridized carbons (Fsp3) is 0.188. The first kappa shape index (κ1) is 13.8. The van der Waals surface area contributed by atoms with Gasteiger partial charge in [-0.2, -0.15) is 0 Å². The molecule has 0 aliphatic carbocycles. The Kier molecular flexibility index (Phi) is 3.47. The maximum Gasteiger partial charge on any atom is 0.268 e. The number of anilines is 2. The largest absolute Gasteiger partial charge is 0.478 e. The molecular weight excluding hydrogens is 288 g/mol. The average Bonchev–Trinajstić information content (AvgIpc) is 2.47. The summed E-state index contributed by atoms with van der Waals surface area (Å²) in [6, 6.07) is 12.7. The number of fused-ring (bicyclic) bond motifs is 1. The SMILES string of the molecule is CN1C(=O)C(Cc2ccc(Cl)cc2)Oc2ccc(N)cc21. The van der Waals surface area contributed by atoms with Crippen LogP contribution in [0.2, 0.25) is 5.02 Å². The van der Waals surface area contributed by atoms with Crippen molar-refractivity contribution in [2.24, 2.45) is 0 Å². The molecule has 0 fully saturated rings. The number of hydrogen-bond donors (Lipinski definition) is 1. The highest BCUT2D eigenvalue weighted by Gasteiger charge is 2.32. The van der Waals surface area contributed by atoms with Crippen LogP contribution in [0.1, 0.15) is 5.56 Å². The van der Waals surface area contributed by atoms with Gasteiger partial charge < -0.3 is 15.4 Å². The topological polar surface area (TPSA) is 55.6 Å². The van der Waals surface area contributed by atoms with E-state index in [1.807, 2.05) is 24.3 Å². The number of benzene rings is 2. The Hall–Kier alpha value is -2.20. The molecule has 21 heavy (non-hydrogen) atoms. The van der Waals surface area contributed by atoms with E-state index in [1.54, 1.807) is 30.1 Å². The number of carbonyl (C=O) groups is 1. The third-order valence-electron chi connectivity index (χ3n) is 3.55. The quantitative estimate of drug-likeness (QED) is 0.868. The van der Waals surface area contributed by atoms with Crippen molar-refractivity contribution >= 4 is 28.9 Å². The van der Waals surface area contributed by atoms with Crippen LogP contribution in [-0.2, 0) is 11.2 Å². The zero-order valence-corrected chi connectivity index (χ0v) is 12.3. The van der Waals surface area contributed by atoms with E-state index in [4.69, 9.17) is 22.1 Å². The molecule has 0 spiro atoms. The molecular formula is C16H15ClN2O2. The molecule has 108 valence electrons. The molecule has 1 amide bonds. The molecule has 1 aliphatic heterocycles. The van der Waals surface area contributed by atoms with Crippen LogP contribution in [0.4, 0.5) is 11.4 Å². The van der Waals surface area contributed by atoms with Crippen LogP contribution in [0.5, 0.6) is 5.75 Å². The number of nitrogen functional groups attached to an aromatic ring is 1. The molecule has 1 heterocycles. The molecule has 0 saturated carbocycles. The lowest BCUT2D eigenvalue weighted by Gasteiger charge is -2.32. The van der Waals surface area contributed by atoms with Gasteiger partial charge in [0, 0.05) is 24.2 Å². The van der Waals surface area contributed by atoms with Gasteiger partial charge in [0.25, 0.3) is 5.91 Å². The number of rotatable bonds is 2. The van der Waals surface area contributed by atoms with Crippen LogP contribution in [0.3, 0.4) is 0 Å². The number of likely N-dealkylation sites (N-methyl/N-ethyl adjacent to an activating group) is 1. The van der Waals surface area contributed by atoms with Crippen LogP contribution in [0.15, 0.2) is 42.5 Å². The number of halogens is 1. The monoisotopic (exact) mass is 302 g/mol. The zero-order chi connectivity index (χ0) is 15.0. The van der Waals surface area contributed by atoms with Crippen molar-refractivity contribution in [2.75, 3.05) is 17.7 Å². The van der Waals surface area contributed by atoms with Gasteiger partial charge in [-0.25, -0.2) is 0 Å². The van der Waals surface area contributed by atoms with Crippen LogP contribution in [-0.4, -0.2) is 19.1 Å². The highest BCUT2D eigenvalue weighted by Crippen LogP contribution is 2.35. The van der Waals surface area contributed by atoms with Gasteiger partial charge in [-0.05, 0) is 35.9 Å². The molecule has 3 rings (SSSR count). The van der Waals surface area contributed by atoms with Crippen molar-refractivity contribution < 1.29 is 9.53 Å². The van der Waals surface area contributed by atoms with Crippen molar-refractivity contribution in [3.63, 3.8) is 0 Å². The molecule has 2 N–H and O–H groups in total. The van der Waals surface area contributed by atoms with Crippen molar-refractivity contribution in [3.05, 3.63) is 53.1 Å². The second-order valence-corrected chi connectivity index (χ2v) is 5.50. The molecule has 1 unspecified atom stereocenters. The summed E-state index contributed by atoms with van der Waals surface area (Å²) in [5.41, 5.74) is 8.07. The standard InChI is InChI=1S/C16H15ClN2O2/c1-19-13-9-12(18)6-7-14(13)21-15(16(19)20)8-10-2-4-11(17)5-3-10/h2-7,9,15H,8,18H2,1H3. The molecule has 1 aliphatic rings. The van der Waals surface area contributed by atoms with Crippen LogP contribution < -0.4 is 15.4 Å². The van der Waals surface area contributed by atoms with E-state index in [1.165, 1.54) is 0 Å². The predicted molar refractivity (Wildman–Crippen MR) is 83.8 cm³/mol. The second-order valence-electron chi connectivity index (χ2n) is 5.06. The van der Waals surface area contributed by atoms with E-state index < -0.39 is 6.10 Å². The van der Waals surface area contributed by atoms with E-state index >= 15 is 0 Å². The Balaban J connectivity index is 1.86. The summed E-state index contributed by atoms with van der Waals surface area (Å²) < 4.78 is 5.82. The minimum absolute atomic E-state index is 0.0805. The van der Waals surface area contributed by atoms with E-state index in [2.05, 4.69) is 0 Å². The number of nitrogens with two attached hydrogens (primary N) is 1. The summed E-state index contributed by atoms with van der Waals surface area (Å²) in [6.07, 6.45) is -0.0308. The number of nitrogens with zero attached hydrogens (tertiary/aromatic N) is 1. The van der Waals surface area contributed by atoms with Gasteiger partial charge in [0.05, 0.1) is 5.69 Å². The Morgan fingerprint density at radius 2 is 1.95 bits per heavy atom. The number of hydrogen-bond acceptors (Lipinski definition) is 3. The van der Waals surface area contributed by atoms with Crippen molar-refractivity contribution in [1.29, 1.82) is 0 Å². The molecule has 5 heteroatoms. The minimum Gasteiger partial charge on any atom is -0.478 e. The van der Waals surface area contributed by atoms with Crippen molar-refractivity contribution in [2.45, 2.75) is 12.5 Å². The minimum atomic E-state index is -0.535. The summed E-state index contributed by atoms with van der Waals surface area (Å²) in [5.74, 6) is 0.591. The first-order valence-corrected chi connectivity index (χ1v) is 7.00. The number of ether oxygens (including phenoxy) is 1. The lowest BCUT2D eigenvalue weighted by atomic mass is 10.0. The van der Waals surface area contributed by atoms with Crippen LogP contribution in [0, 0.1) is 0 Å². The Bertz CT molecular complexity index is 685. The smallest absolute Gasteiger partial charge is 0.268 e. The molecule has 0 aromatic heterocycles. The van der Waals surface area contributed by atoms with Crippen molar-refractivity contribution in [1.82, 2.24) is 0 Å². The summed E-state index contributed by atoms with van der Waals surface area (Å²) in [7, 11) is 1.73. The van der Waals surface area contributed by atoms with Crippen LogP contribution in [0.25, 0.3) is 0 Å². The van der Waals surface area contributed by atoms with E-state index in [0.29, 0.717) is 28.6 Å². The molecule has 0 saturated heterocycles. The summed E-state index contributed by atoms with van der Waals surface area (Å²) >= 11 is 5.87. The lowest BCUT2D eigenvalue weighted by molar-refractivity contribution is -0.125. The van der Waals surface area contributed by atoms with E-state index in [0.717, 1.165) is 5.56 Å². The van der Waals surface area contributed by atoms with E-state index in [-0.39, 0.29) is 5.91 Å². The zero-order valence-electron chi connectivity index (χ0n) is 11.5. The summed E-state index contributed by atoms with van der Waals surface area (Å²) in [6.45, 7) is 0. The van der Waals surface area contributed by atoms with Gasteiger partial charge in [-0.3, -0.25) is 4.79 Å². The van der Waals surface area contributed by atoms with Crippen molar-refractivity contribution in [3.8, 4) is 5.75 Å². The average molecular weight is 303 g/mol.